The van der Waals surface area contributed by atoms with Gasteiger partial charge in [0.25, 0.3) is 5.91 Å². The van der Waals surface area contributed by atoms with Crippen molar-refractivity contribution in [3.63, 3.8) is 0 Å². The third-order valence-electron chi connectivity index (χ3n) is 4.58. The molecule has 30 heavy (non-hydrogen) atoms. The molecule has 0 bridgehead atoms. The quantitative estimate of drug-likeness (QED) is 0.578. The second kappa shape index (κ2) is 10.1. The monoisotopic (exact) mass is 404 g/mol. The Bertz CT molecular complexity index is 981. The number of hydrogen-bond acceptors (Lipinski definition) is 4. The van der Waals surface area contributed by atoms with Crippen LogP contribution in [0.1, 0.15) is 22.3 Å². The molecule has 0 unspecified atom stereocenters. The fourth-order valence-electron chi connectivity index (χ4n) is 2.86. The van der Waals surface area contributed by atoms with E-state index in [0.717, 1.165) is 17.1 Å². The van der Waals surface area contributed by atoms with Crippen LogP contribution in [-0.4, -0.2) is 26.0 Å². The highest BCUT2D eigenvalue weighted by Crippen LogP contribution is 2.17. The summed E-state index contributed by atoms with van der Waals surface area (Å²) in [5, 5.41) is 5.68. The number of carbonyl (C=O) groups is 2. The van der Waals surface area contributed by atoms with E-state index < -0.39 is 0 Å². The van der Waals surface area contributed by atoms with Crippen molar-refractivity contribution < 1.29 is 19.1 Å². The Morgan fingerprint density at radius 3 is 1.77 bits per heavy atom. The minimum atomic E-state index is -0.224. The highest BCUT2D eigenvalue weighted by molar-refractivity contribution is 6.04. The molecule has 0 spiro atoms. The second-order valence-corrected chi connectivity index (χ2v) is 6.66. The summed E-state index contributed by atoms with van der Waals surface area (Å²) in [6, 6.07) is 21.5. The first kappa shape index (κ1) is 20.9. The molecule has 0 aliphatic rings. The van der Waals surface area contributed by atoms with Gasteiger partial charge in [-0.2, -0.15) is 0 Å². The Balaban J connectivity index is 1.50. The molecule has 2 N–H and O–H groups in total. The van der Waals surface area contributed by atoms with E-state index in [0.29, 0.717) is 29.8 Å². The van der Waals surface area contributed by atoms with E-state index in [4.69, 9.17) is 9.47 Å². The van der Waals surface area contributed by atoms with Gasteiger partial charge in [0.05, 0.1) is 14.2 Å². The summed E-state index contributed by atoms with van der Waals surface area (Å²) in [4.78, 5) is 24.6. The third-order valence-corrected chi connectivity index (χ3v) is 4.58. The topological polar surface area (TPSA) is 76.7 Å². The molecule has 6 heteroatoms. The minimum Gasteiger partial charge on any atom is -0.497 e. The Morgan fingerprint density at radius 1 is 0.700 bits per heavy atom. The summed E-state index contributed by atoms with van der Waals surface area (Å²) in [7, 11) is 3.21. The van der Waals surface area contributed by atoms with Gasteiger partial charge in [0, 0.05) is 23.4 Å². The van der Waals surface area contributed by atoms with Gasteiger partial charge in [-0.25, -0.2) is 0 Å². The SMILES string of the molecule is COc1ccc(CCC(=O)Nc2ccc(C(=O)Nc3ccc(OC)cc3)cc2)cc1. The normalized spacial score (nSPS) is 10.2. The molecule has 3 aromatic rings. The van der Waals surface area contributed by atoms with Crippen LogP contribution in [0.3, 0.4) is 0 Å². The summed E-state index contributed by atoms with van der Waals surface area (Å²) in [5.41, 5.74) is 2.89. The molecule has 0 saturated heterocycles. The van der Waals surface area contributed by atoms with Crippen molar-refractivity contribution in [2.45, 2.75) is 12.8 Å². The number of rotatable bonds is 8. The first-order valence-corrected chi connectivity index (χ1v) is 9.55. The molecular formula is C24H24N2O4. The number of anilines is 2. The average molecular weight is 404 g/mol. The van der Waals surface area contributed by atoms with Crippen LogP contribution >= 0.6 is 0 Å². The molecule has 0 atom stereocenters. The Labute approximate surface area is 175 Å². The van der Waals surface area contributed by atoms with E-state index in [2.05, 4.69) is 10.6 Å². The van der Waals surface area contributed by atoms with Crippen molar-refractivity contribution in [3.8, 4) is 11.5 Å². The molecule has 0 aliphatic heterocycles. The van der Waals surface area contributed by atoms with E-state index >= 15 is 0 Å². The Hall–Kier alpha value is -3.80. The molecule has 0 saturated carbocycles. The molecule has 0 heterocycles. The highest BCUT2D eigenvalue weighted by atomic mass is 16.5. The summed E-state index contributed by atoms with van der Waals surface area (Å²) in [6.45, 7) is 0. The molecule has 0 aliphatic carbocycles. The van der Waals surface area contributed by atoms with E-state index in [9.17, 15) is 9.59 Å². The number of nitrogens with one attached hydrogen (secondary N) is 2. The maximum Gasteiger partial charge on any atom is 0.255 e. The van der Waals surface area contributed by atoms with Crippen molar-refractivity contribution in [1.29, 1.82) is 0 Å². The van der Waals surface area contributed by atoms with Crippen LogP contribution in [0.25, 0.3) is 0 Å². The van der Waals surface area contributed by atoms with Crippen LogP contribution in [-0.2, 0) is 11.2 Å². The van der Waals surface area contributed by atoms with Crippen molar-refractivity contribution in [2.75, 3.05) is 24.9 Å². The predicted molar refractivity (Wildman–Crippen MR) is 117 cm³/mol. The first-order valence-electron chi connectivity index (χ1n) is 9.55. The molecule has 3 rings (SSSR count). The van der Waals surface area contributed by atoms with E-state index in [1.807, 2.05) is 24.3 Å². The van der Waals surface area contributed by atoms with E-state index in [1.165, 1.54) is 0 Å². The van der Waals surface area contributed by atoms with Gasteiger partial charge in [-0.1, -0.05) is 12.1 Å². The number of carbonyl (C=O) groups excluding carboxylic acids is 2. The summed E-state index contributed by atoms with van der Waals surface area (Å²) in [5.74, 6) is 1.21. The molecule has 0 radical (unpaired) electrons. The van der Waals surface area contributed by atoms with Crippen LogP contribution in [0, 0.1) is 0 Å². The Kier molecular flexibility index (Phi) is 7.05. The molecule has 0 fully saturated rings. The molecule has 0 aromatic heterocycles. The number of amides is 2. The number of methoxy groups -OCH3 is 2. The summed E-state index contributed by atoms with van der Waals surface area (Å²) < 4.78 is 10.2. The van der Waals surface area contributed by atoms with Gasteiger partial charge < -0.3 is 20.1 Å². The minimum absolute atomic E-state index is 0.0822. The zero-order valence-electron chi connectivity index (χ0n) is 17.0. The van der Waals surface area contributed by atoms with Crippen LogP contribution in [0.15, 0.2) is 72.8 Å². The van der Waals surface area contributed by atoms with Crippen LogP contribution in [0.5, 0.6) is 11.5 Å². The van der Waals surface area contributed by atoms with E-state index in [1.54, 1.807) is 62.8 Å². The Morgan fingerprint density at radius 2 is 1.20 bits per heavy atom. The van der Waals surface area contributed by atoms with Gasteiger partial charge in [-0.05, 0) is 72.6 Å². The maximum absolute atomic E-state index is 12.4. The maximum atomic E-state index is 12.4. The van der Waals surface area contributed by atoms with E-state index in [-0.39, 0.29) is 11.8 Å². The third kappa shape index (κ3) is 5.85. The number of ether oxygens (including phenoxy) is 2. The van der Waals surface area contributed by atoms with Crippen LogP contribution in [0.4, 0.5) is 11.4 Å². The lowest BCUT2D eigenvalue weighted by Gasteiger charge is -2.08. The fraction of sp³-hybridized carbons (Fsp3) is 0.167. The molecule has 2 amide bonds. The van der Waals surface area contributed by atoms with Gasteiger partial charge in [0.15, 0.2) is 0 Å². The first-order chi connectivity index (χ1) is 14.6. The molecule has 154 valence electrons. The number of aryl methyl sites for hydroxylation is 1. The summed E-state index contributed by atoms with van der Waals surface area (Å²) >= 11 is 0. The fourth-order valence-corrected chi connectivity index (χ4v) is 2.86. The van der Waals surface area contributed by atoms with Crippen molar-refractivity contribution in [1.82, 2.24) is 0 Å². The molecule has 6 nitrogen and oxygen atoms in total. The number of benzene rings is 3. The van der Waals surface area contributed by atoms with Crippen molar-refractivity contribution >= 4 is 23.2 Å². The lowest BCUT2D eigenvalue weighted by Crippen LogP contribution is -2.14. The van der Waals surface area contributed by atoms with Gasteiger partial charge in [0.1, 0.15) is 11.5 Å². The molecular weight excluding hydrogens is 380 g/mol. The second-order valence-electron chi connectivity index (χ2n) is 6.66. The van der Waals surface area contributed by atoms with Gasteiger partial charge in [0.2, 0.25) is 5.91 Å². The lowest BCUT2D eigenvalue weighted by atomic mass is 10.1. The van der Waals surface area contributed by atoms with Gasteiger partial charge in [-0.15, -0.1) is 0 Å². The van der Waals surface area contributed by atoms with Gasteiger partial charge >= 0.3 is 0 Å². The lowest BCUT2D eigenvalue weighted by molar-refractivity contribution is -0.116. The highest BCUT2D eigenvalue weighted by Gasteiger charge is 2.08. The van der Waals surface area contributed by atoms with Gasteiger partial charge in [-0.3, -0.25) is 9.59 Å². The molecule has 3 aromatic carbocycles. The number of hydrogen-bond donors (Lipinski definition) is 2. The van der Waals surface area contributed by atoms with Crippen molar-refractivity contribution in [2.24, 2.45) is 0 Å². The van der Waals surface area contributed by atoms with Crippen LogP contribution < -0.4 is 20.1 Å². The zero-order chi connectivity index (χ0) is 21.3. The zero-order valence-corrected chi connectivity index (χ0v) is 17.0. The smallest absolute Gasteiger partial charge is 0.255 e. The largest absolute Gasteiger partial charge is 0.497 e. The van der Waals surface area contributed by atoms with Crippen LogP contribution in [0.2, 0.25) is 0 Å². The average Bonchev–Trinajstić information content (AvgIpc) is 2.79. The van der Waals surface area contributed by atoms with Crippen molar-refractivity contribution in [3.05, 3.63) is 83.9 Å². The standard InChI is InChI=1S/C24H24N2O4/c1-29-21-12-3-17(4-13-21)5-16-23(27)25-19-8-6-18(7-9-19)24(28)26-20-10-14-22(30-2)15-11-20/h3-4,6-15H,5,16H2,1-2H3,(H,25,27)(H,26,28). The summed E-state index contributed by atoms with van der Waals surface area (Å²) in [6.07, 6.45) is 1.00. The predicted octanol–water partition coefficient (Wildman–Crippen LogP) is 4.53.